The molecule has 5 N–H and O–H groups in total. The Morgan fingerprint density at radius 3 is 2.08 bits per heavy atom. The molecule has 0 aromatic rings. The number of carboxylic acid groups (broad SMARTS) is 2. The lowest BCUT2D eigenvalue weighted by Gasteiger charge is -1.94. The molecule has 1 amide bonds. The van der Waals surface area contributed by atoms with E-state index in [1.165, 1.54) is 6.07 Å². The molecule has 0 aliphatic carbocycles. The summed E-state index contributed by atoms with van der Waals surface area (Å²) in [7, 11) is 0. The Morgan fingerprint density at radius 2 is 1.85 bits per heavy atom. The smallest absolute Gasteiger partial charge is 0.402 e. The molecule has 0 aliphatic rings. The number of aliphatic carboxylic acids is 1. The highest BCUT2D eigenvalue weighted by atomic mass is 16.4. The Hall–Kier alpha value is -1.81. The Labute approximate surface area is 74.0 Å². The minimum atomic E-state index is -1.33. The molecule has 0 spiro atoms. The molecule has 0 saturated heterocycles. The second kappa shape index (κ2) is 8.29. The Balaban J connectivity index is 0. The maximum Gasteiger partial charge on any atom is 0.402 e. The summed E-state index contributed by atoms with van der Waals surface area (Å²) in [5, 5.41) is 31.7. The lowest BCUT2D eigenvalue weighted by Crippen LogP contribution is -2.05. The number of nitrogens with zero attached hydrogens (tertiary/aromatic N) is 1. The number of nitrogens with two attached hydrogens (primary N) is 1. The van der Waals surface area contributed by atoms with E-state index in [1.54, 1.807) is 0 Å². The third kappa shape index (κ3) is 25.4. The van der Waals surface area contributed by atoms with Crippen LogP contribution in [-0.2, 0) is 4.79 Å². The van der Waals surface area contributed by atoms with E-state index in [4.69, 9.17) is 25.4 Å². The number of carbonyl (C=O) groups is 2. The maximum atomic E-state index is 9.80. The van der Waals surface area contributed by atoms with Crippen LogP contribution in [-0.4, -0.2) is 33.5 Å². The number of aliphatic hydroxyl groups excluding tert-OH is 1. The van der Waals surface area contributed by atoms with Gasteiger partial charge in [0.2, 0.25) is 0 Å². The van der Waals surface area contributed by atoms with Gasteiger partial charge in [-0.1, -0.05) is 0 Å². The van der Waals surface area contributed by atoms with Gasteiger partial charge in [0, 0.05) is 6.42 Å². The van der Waals surface area contributed by atoms with Crippen LogP contribution in [0.1, 0.15) is 12.8 Å². The van der Waals surface area contributed by atoms with E-state index in [9.17, 15) is 4.79 Å². The third-order valence-corrected chi connectivity index (χ3v) is 0.781. The van der Waals surface area contributed by atoms with Gasteiger partial charge >= 0.3 is 12.1 Å². The zero-order valence-electron chi connectivity index (χ0n) is 6.67. The van der Waals surface area contributed by atoms with Crippen LogP contribution in [0.3, 0.4) is 0 Å². The predicted molar refractivity (Wildman–Crippen MR) is 40.7 cm³/mol. The molecule has 0 bridgehead atoms. The number of primary amides is 1. The van der Waals surface area contributed by atoms with Crippen molar-refractivity contribution in [1.29, 1.82) is 5.26 Å². The van der Waals surface area contributed by atoms with Crippen LogP contribution in [0.15, 0.2) is 0 Å². The first-order valence-electron chi connectivity index (χ1n) is 3.18. The van der Waals surface area contributed by atoms with Crippen LogP contribution in [0.5, 0.6) is 0 Å². The second-order valence-corrected chi connectivity index (χ2v) is 1.92. The van der Waals surface area contributed by atoms with Gasteiger partial charge in [0.05, 0.1) is 6.07 Å². The van der Waals surface area contributed by atoms with Gasteiger partial charge in [-0.05, 0) is 6.42 Å². The average Bonchev–Trinajstić information content (AvgIpc) is 1.99. The van der Waals surface area contributed by atoms with Crippen LogP contribution in [0.2, 0.25) is 0 Å². The van der Waals surface area contributed by atoms with Crippen molar-refractivity contribution in [2.24, 2.45) is 5.73 Å². The monoisotopic (exact) mass is 190 g/mol. The molecule has 0 aromatic carbocycles. The molecule has 0 fully saturated rings. The summed E-state index contributed by atoms with van der Waals surface area (Å²) in [5.41, 5.74) is 4.03. The average molecular weight is 190 g/mol. The quantitative estimate of drug-likeness (QED) is 0.435. The normalized spacial score (nSPS) is 10.2. The summed E-state index contributed by atoms with van der Waals surface area (Å²) >= 11 is 0. The Morgan fingerprint density at radius 1 is 1.46 bits per heavy atom. The Kier molecular flexibility index (Phi) is 8.77. The van der Waals surface area contributed by atoms with E-state index in [1.807, 2.05) is 0 Å². The van der Waals surface area contributed by atoms with Gasteiger partial charge in [-0.15, -0.1) is 0 Å². The summed E-state index contributed by atoms with van der Waals surface area (Å²) in [5.74, 6) is -0.996. The summed E-state index contributed by atoms with van der Waals surface area (Å²) in [6, 6.07) is 1.51. The molecule has 74 valence electrons. The van der Waals surface area contributed by atoms with Gasteiger partial charge in [-0.25, -0.2) is 4.79 Å². The zero-order chi connectivity index (χ0) is 10.9. The van der Waals surface area contributed by atoms with Gasteiger partial charge in [0.15, 0.2) is 0 Å². The lowest BCUT2D eigenvalue weighted by atomic mass is 10.2. The van der Waals surface area contributed by atoms with Crippen molar-refractivity contribution in [3.05, 3.63) is 0 Å². The number of rotatable bonds is 3. The van der Waals surface area contributed by atoms with Crippen LogP contribution in [0, 0.1) is 11.3 Å². The maximum absolute atomic E-state index is 9.80. The molecule has 0 aromatic heterocycles. The van der Waals surface area contributed by atoms with Gasteiger partial charge in [-0.2, -0.15) is 5.26 Å². The van der Waals surface area contributed by atoms with Crippen LogP contribution < -0.4 is 5.73 Å². The first kappa shape index (κ1) is 13.8. The van der Waals surface area contributed by atoms with Gasteiger partial charge in [0.1, 0.15) is 6.10 Å². The number of hydrogen-bond acceptors (Lipinski definition) is 4. The van der Waals surface area contributed by atoms with E-state index < -0.39 is 18.2 Å². The van der Waals surface area contributed by atoms with Gasteiger partial charge in [-0.3, -0.25) is 4.79 Å². The summed E-state index contributed by atoms with van der Waals surface area (Å²) in [4.78, 5) is 18.6. The van der Waals surface area contributed by atoms with Gasteiger partial charge < -0.3 is 21.1 Å². The molecule has 13 heavy (non-hydrogen) atoms. The molecule has 0 saturated carbocycles. The fraction of sp³-hybridized carbons (Fsp3) is 0.500. The highest BCUT2D eigenvalue weighted by molar-refractivity contribution is 5.66. The minimum absolute atomic E-state index is 0.00579. The fourth-order valence-electron chi connectivity index (χ4n) is 0.325. The van der Waals surface area contributed by atoms with Crippen LogP contribution >= 0.6 is 0 Å². The van der Waals surface area contributed by atoms with Crippen molar-refractivity contribution in [1.82, 2.24) is 0 Å². The van der Waals surface area contributed by atoms with Crippen molar-refractivity contribution in [2.75, 3.05) is 0 Å². The van der Waals surface area contributed by atoms with Gasteiger partial charge in [0.25, 0.3) is 0 Å². The highest BCUT2D eigenvalue weighted by Gasteiger charge is 2.03. The highest BCUT2D eigenvalue weighted by Crippen LogP contribution is 1.93. The Bertz CT molecular complexity index is 206. The van der Waals surface area contributed by atoms with E-state index in [0.717, 1.165) is 0 Å². The number of hydrogen-bond donors (Lipinski definition) is 4. The molecule has 1 atom stereocenters. The van der Waals surface area contributed by atoms with Crippen molar-refractivity contribution in [3.63, 3.8) is 0 Å². The number of amides is 1. The summed E-state index contributed by atoms with van der Waals surface area (Å²) in [6.07, 6.45) is -2.62. The van der Waals surface area contributed by atoms with E-state index in [2.05, 4.69) is 5.73 Å². The molecular formula is C6H10N2O5. The summed E-state index contributed by atoms with van der Waals surface area (Å²) in [6.45, 7) is 0. The molecule has 7 nitrogen and oxygen atoms in total. The minimum Gasteiger partial charge on any atom is -0.481 e. The first-order valence-corrected chi connectivity index (χ1v) is 3.18. The fourth-order valence-corrected chi connectivity index (χ4v) is 0.325. The van der Waals surface area contributed by atoms with Crippen molar-refractivity contribution in [2.45, 2.75) is 18.9 Å². The molecule has 1 unspecified atom stereocenters. The summed E-state index contributed by atoms with van der Waals surface area (Å²) < 4.78 is 0. The lowest BCUT2D eigenvalue weighted by molar-refractivity contribution is -0.137. The largest absolute Gasteiger partial charge is 0.481 e. The first-order chi connectivity index (χ1) is 5.90. The number of nitriles is 1. The molecule has 0 radical (unpaired) electrons. The van der Waals surface area contributed by atoms with Crippen molar-refractivity contribution >= 4 is 12.1 Å². The molecular weight excluding hydrogens is 180 g/mol. The van der Waals surface area contributed by atoms with Crippen molar-refractivity contribution < 1.29 is 24.9 Å². The van der Waals surface area contributed by atoms with Crippen LogP contribution in [0.25, 0.3) is 0 Å². The van der Waals surface area contributed by atoms with Crippen molar-refractivity contribution in [3.8, 4) is 6.07 Å². The number of carboxylic acids is 1. The predicted octanol–water partition coefficient (Wildman–Crippen LogP) is -0.641. The van der Waals surface area contributed by atoms with E-state index in [-0.39, 0.29) is 12.8 Å². The SMILES string of the molecule is N#CC(O)CCC(=O)O.NC(=O)O. The zero-order valence-corrected chi connectivity index (χ0v) is 6.67. The molecule has 0 heterocycles. The standard InChI is InChI=1S/C5H7NO3.CH3NO2/c6-3-4(7)1-2-5(8)9;2-1(3)4/h4,7H,1-2H2,(H,8,9);2H2,(H,3,4). The van der Waals surface area contributed by atoms with E-state index in [0.29, 0.717) is 0 Å². The molecule has 0 rings (SSSR count). The van der Waals surface area contributed by atoms with E-state index >= 15 is 0 Å². The topological polar surface area (TPSA) is 145 Å². The molecule has 7 heteroatoms. The third-order valence-electron chi connectivity index (χ3n) is 0.781. The second-order valence-electron chi connectivity index (χ2n) is 1.92. The van der Waals surface area contributed by atoms with Crippen LogP contribution in [0.4, 0.5) is 4.79 Å². The number of aliphatic hydroxyl groups is 1. The molecule has 0 aliphatic heterocycles.